The van der Waals surface area contributed by atoms with E-state index in [4.69, 9.17) is 10.5 Å². The maximum atomic E-state index is 12.4. The molecule has 33 heavy (non-hydrogen) atoms. The van der Waals surface area contributed by atoms with E-state index in [1.807, 2.05) is 41.2 Å². The minimum absolute atomic E-state index is 0.0128. The number of hydrogen-bond donors (Lipinski definition) is 2. The van der Waals surface area contributed by atoms with Gasteiger partial charge in [-0.3, -0.25) is 4.79 Å². The number of hydrogen-bond acceptors (Lipinski definition) is 4. The number of carbonyl (C=O) groups is 1. The first-order valence-electron chi connectivity index (χ1n) is 11.4. The second-order valence-corrected chi connectivity index (χ2v) is 8.61. The first kappa shape index (κ1) is 21.2. The standard InChI is InChI=1S/C27H28N4O2/c1-18(22-10-6-8-19-7-2-3-9-24(19)22)23-13-12-20(15-25(23)27(28)32)30-21-16-29-31(17-21)26-11-4-5-14-33-26/h2-3,6-10,12-13,15-18,26,30H,4-5,11,14H2,1H3,(H2,28,32)/t18-,26?/m1/s1. The van der Waals surface area contributed by atoms with Crippen molar-refractivity contribution < 1.29 is 9.53 Å². The second-order valence-electron chi connectivity index (χ2n) is 8.61. The van der Waals surface area contributed by atoms with Gasteiger partial charge in [0.05, 0.1) is 18.1 Å². The number of benzene rings is 3. The molecule has 0 aliphatic carbocycles. The van der Waals surface area contributed by atoms with E-state index < -0.39 is 5.91 Å². The van der Waals surface area contributed by atoms with Crippen LogP contribution < -0.4 is 11.1 Å². The van der Waals surface area contributed by atoms with E-state index in [0.29, 0.717) is 5.56 Å². The summed E-state index contributed by atoms with van der Waals surface area (Å²) in [7, 11) is 0. The average molecular weight is 441 g/mol. The second kappa shape index (κ2) is 9.08. The third-order valence-corrected chi connectivity index (χ3v) is 6.42. The van der Waals surface area contributed by atoms with Gasteiger partial charge in [-0.05, 0) is 53.3 Å². The summed E-state index contributed by atoms with van der Waals surface area (Å²) in [5.74, 6) is -0.425. The Morgan fingerprint density at radius 3 is 2.76 bits per heavy atom. The fraction of sp³-hybridized carbons (Fsp3) is 0.259. The van der Waals surface area contributed by atoms with Crippen molar-refractivity contribution in [2.75, 3.05) is 11.9 Å². The maximum absolute atomic E-state index is 12.4. The van der Waals surface area contributed by atoms with Crippen LogP contribution in [0.1, 0.15) is 59.8 Å². The lowest BCUT2D eigenvalue weighted by Gasteiger charge is -2.22. The Hall–Kier alpha value is -3.64. The molecular formula is C27H28N4O2. The van der Waals surface area contributed by atoms with Gasteiger partial charge in [0.2, 0.25) is 5.91 Å². The highest BCUT2D eigenvalue weighted by molar-refractivity contribution is 5.96. The highest BCUT2D eigenvalue weighted by atomic mass is 16.5. The number of rotatable bonds is 6. The van der Waals surface area contributed by atoms with Crippen LogP contribution in [-0.2, 0) is 4.74 Å². The summed E-state index contributed by atoms with van der Waals surface area (Å²) in [6.45, 7) is 2.89. The molecule has 1 aliphatic rings. The lowest BCUT2D eigenvalue weighted by molar-refractivity contribution is -0.0394. The number of nitrogens with one attached hydrogen (secondary N) is 1. The van der Waals surface area contributed by atoms with Crippen LogP contribution in [-0.4, -0.2) is 22.3 Å². The summed E-state index contributed by atoms with van der Waals surface area (Å²) in [5, 5.41) is 10.2. The molecule has 2 heterocycles. The molecular weight excluding hydrogens is 412 g/mol. The highest BCUT2D eigenvalue weighted by Crippen LogP contribution is 2.34. The van der Waals surface area contributed by atoms with Crippen molar-refractivity contribution in [3.05, 3.63) is 89.7 Å². The van der Waals surface area contributed by atoms with Gasteiger partial charge in [-0.2, -0.15) is 5.10 Å². The Morgan fingerprint density at radius 1 is 1.09 bits per heavy atom. The molecule has 6 nitrogen and oxygen atoms in total. The minimum atomic E-state index is -0.438. The van der Waals surface area contributed by atoms with Gasteiger partial charge in [0, 0.05) is 23.8 Å². The fourth-order valence-electron chi connectivity index (χ4n) is 4.68. The molecule has 0 spiro atoms. The molecule has 1 aliphatic heterocycles. The van der Waals surface area contributed by atoms with Crippen molar-refractivity contribution in [1.29, 1.82) is 0 Å². The Labute approximate surface area is 193 Å². The SMILES string of the molecule is C[C@@H](c1ccc(Nc2cnn(C3CCCCO3)c2)cc1C(N)=O)c1cccc2ccccc12. The van der Waals surface area contributed by atoms with E-state index in [1.165, 1.54) is 16.3 Å². The highest BCUT2D eigenvalue weighted by Gasteiger charge is 2.19. The maximum Gasteiger partial charge on any atom is 0.249 e. The zero-order valence-electron chi connectivity index (χ0n) is 18.7. The van der Waals surface area contributed by atoms with Crippen molar-refractivity contribution >= 4 is 28.1 Å². The Kier molecular flexibility index (Phi) is 5.84. The molecule has 5 rings (SSSR count). The van der Waals surface area contributed by atoms with Crippen molar-refractivity contribution in [2.45, 2.75) is 38.3 Å². The average Bonchev–Trinajstić information content (AvgIpc) is 3.32. The zero-order chi connectivity index (χ0) is 22.8. The summed E-state index contributed by atoms with van der Waals surface area (Å²) in [5.41, 5.74) is 10.0. The molecule has 0 bridgehead atoms. The van der Waals surface area contributed by atoms with Crippen molar-refractivity contribution in [1.82, 2.24) is 9.78 Å². The van der Waals surface area contributed by atoms with E-state index in [0.717, 1.165) is 42.8 Å². The predicted octanol–water partition coefficient (Wildman–Crippen LogP) is 5.73. The van der Waals surface area contributed by atoms with Gasteiger partial charge >= 0.3 is 0 Å². The number of primary amides is 1. The Bertz CT molecular complexity index is 1290. The van der Waals surface area contributed by atoms with Gasteiger partial charge in [0.15, 0.2) is 0 Å². The van der Waals surface area contributed by atoms with Crippen LogP contribution in [0.2, 0.25) is 0 Å². The molecule has 1 saturated heterocycles. The molecule has 4 aromatic rings. The van der Waals surface area contributed by atoms with Crippen molar-refractivity contribution in [2.24, 2.45) is 5.73 Å². The Balaban J connectivity index is 1.43. The minimum Gasteiger partial charge on any atom is -0.366 e. The van der Waals surface area contributed by atoms with E-state index in [9.17, 15) is 4.79 Å². The van der Waals surface area contributed by atoms with Gasteiger partial charge in [-0.1, -0.05) is 55.5 Å². The molecule has 1 amide bonds. The van der Waals surface area contributed by atoms with Crippen LogP contribution in [0.5, 0.6) is 0 Å². The summed E-state index contributed by atoms with van der Waals surface area (Å²) in [6.07, 6.45) is 6.90. The first-order valence-corrected chi connectivity index (χ1v) is 11.4. The van der Waals surface area contributed by atoms with Crippen LogP contribution in [0.3, 0.4) is 0 Å². The van der Waals surface area contributed by atoms with Gasteiger partial charge < -0.3 is 15.8 Å². The number of amides is 1. The molecule has 0 saturated carbocycles. The molecule has 1 fully saturated rings. The summed E-state index contributed by atoms with van der Waals surface area (Å²) in [6, 6.07) is 20.4. The van der Waals surface area contributed by atoms with Crippen LogP contribution in [0.25, 0.3) is 10.8 Å². The van der Waals surface area contributed by atoms with Crippen LogP contribution >= 0.6 is 0 Å². The number of nitrogens with two attached hydrogens (primary N) is 1. The smallest absolute Gasteiger partial charge is 0.249 e. The number of ether oxygens (including phenoxy) is 1. The van der Waals surface area contributed by atoms with Crippen LogP contribution in [0, 0.1) is 0 Å². The van der Waals surface area contributed by atoms with E-state index in [1.54, 1.807) is 6.20 Å². The van der Waals surface area contributed by atoms with Gasteiger partial charge in [0.1, 0.15) is 6.23 Å². The molecule has 3 N–H and O–H groups in total. The van der Waals surface area contributed by atoms with Crippen LogP contribution in [0.4, 0.5) is 11.4 Å². The normalized spacial score (nSPS) is 17.1. The van der Waals surface area contributed by atoms with Crippen molar-refractivity contribution in [3.63, 3.8) is 0 Å². The van der Waals surface area contributed by atoms with Gasteiger partial charge in [-0.25, -0.2) is 4.68 Å². The third-order valence-electron chi connectivity index (χ3n) is 6.42. The summed E-state index contributed by atoms with van der Waals surface area (Å²) in [4.78, 5) is 12.4. The summed E-state index contributed by atoms with van der Waals surface area (Å²) < 4.78 is 7.66. The van der Waals surface area contributed by atoms with Gasteiger partial charge in [0.25, 0.3) is 0 Å². The summed E-state index contributed by atoms with van der Waals surface area (Å²) >= 11 is 0. The Morgan fingerprint density at radius 2 is 1.94 bits per heavy atom. The largest absolute Gasteiger partial charge is 0.366 e. The predicted molar refractivity (Wildman–Crippen MR) is 131 cm³/mol. The van der Waals surface area contributed by atoms with Crippen molar-refractivity contribution in [3.8, 4) is 0 Å². The van der Waals surface area contributed by atoms with E-state index in [2.05, 4.69) is 47.7 Å². The van der Waals surface area contributed by atoms with E-state index >= 15 is 0 Å². The topological polar surface area (TPSA) is 82.2 Å². The molecule has 0 radical (unpaired) electrons. The van der Waals surface area contributed by atoms with Crippen LogP contribution in [0.15, 0.2) is 73.1 Å². The quantitative estimate of drug-likeness (QED) is 0.401. The molecule has 6 heteroatoms. The lowest BCUT2D eigenvalue weighted by atomic mass is 9.86. The zero-order valence-corrected chi connectivity index (χ0v) is 18.7. The lowest BCUT2D eigenvalue weighted by Crippen LogP contribution is -2.18. The van der Waals surface area contributed by atoms with E-state index in [-0.39, 0.29) is 12.1 Å². The molecule has 1 unspecified atom stereocenters. The molecule has 168 valence electrons. The third kappa shape index (κ3) is 4.34. The number of nitrogens with zero attached hydrogens (tertiary/aromatic N) is 2. The monoisotopic (exact) mass is 440 g/mol. The number of anilines is 2. The number of aromatic nitrogens is 2. The number of fused-ring (bicyclic) bond motifs is 1. The molecule has 3 aromatic carbocycles. The number of carbonyl (C=O) groups excluding carboxylic acids is 1. The molecule has 1 aromatic heterocycles. The fourth-order valence-corrected chi connectivity index (χ4v) is 4.68. The first-order chi connectivity index (χ1) is 16.1. The van der Waals surface area contributed by atoms with Gasteiger partial charge in [-0.15, -0.1) is 0 Å². The molecule has 2 atom stereocenters.